The lowest BCUT2D eigenvalue weighted by molar-refractivity contribution is 0.271. The number of thiazole rings is 1. The number of alkyl halides is 1. The third-order valence-corrected chi connectivity index (χ3v) is 4.89. The third-order valence-electron chi connectivity index (χ3n) is 3.73. The molecule has 1 aromatic rings. The van der Waals surface area contributed by atoms with Crippen LogP contribution in [0.4, 0.5) is 0 Å². The lowest BCUT2D eigenvalue weighted by Crippen LogP contribution is -2.24. The molecule has 1 aliphatic rings. The van der Waals surface area contributed by atoms with Gasteiger partial charge in [0, 0.05) is 5.38 Å². The summed E-state index contributed by atoms with van der Waals surface area (Å²) in [6.07, 6.45) is 6.85. The highest BCUT2D eigenvalue weighted by molar-refractivity contribution is 7.09. The van der Waals surface area contributed by atoms with Crippen LogP contribution in [-0.2, 0) is 12.4 Å². The Labute approximate surface area is 119 Å². The van der Waals surface area contributed by atoms with E-state index in [4.69, 9.17) is 11.6 Å². The largest absolute Gasteiger partial charge is 0.297 e. The van der Waals surface area contributed by atoms with E-state index in [9.17, 15) is 0 Å². The zero-order valence-electron chi connectivity index (χ0n) is 11.2. The first-order valence-electron chi connectivity index (χ1n) is 7.03. The van der Waals surface area contributed by atoms with Crippen molar-refractivity contribution in [3.05, 3.63) is 16.1 Å². The Balaban J connectivity index is 1.82. The second-order valence-corrected chi connectivity index (χ2v) is 6.44. The summed E-state index contributed by atoms with van der Waals surface area (Å²) in [6.45, 7) is 5.78. The maximum Gasteiger partial charge on any atom is 0.107 e. The molecule has 0 aliphatic carbocycles. The van der Waals surface area contributed by atoms with Gasteiger partial charge in [0.25, 0.3) is 0 Å². The van der Waals surface area contributed by atoms with E-state index < -0.39 is 0 Å². The van der Waals surface area contributed by atoms with Crippen molar-refractivity contribution in [1.82, 2.24) is 9.88 Å². The van der Waals surface area contributed by atoms with Crippen LogP contribution in [0.3, 0.4) is 0 Å². The maximum absolute atomic E-state index is 5.79. The Morgan fingerprint density at radius 3 is 3.06 bits per heavy atom. The first kappa shape index (κ1) is 14.3. The summed E-state index contributed by atoms with van der Waals surface area (Å²) in [5.41, 5.74) is 1.02. The van der Waals surface area contributed by atoms with Gasteiger partial charge in [0.05, 0.1) is 18.1 Å². The molecule has 1 aromatic heterocycles. The van der Waals surface area contributed by atoms with Crippen molar-refractivity contribution >= 4 is 22.9 Å². The summed E-state index contributed by atoms with van der Waals surface area (Å²) < 4.78 is 0. The van der Waals surface area contributed by atoms with Gasteiger partial charge in [0.15, 0.2) is 0 Å². The molecular weight excluding hydrogens is 264 g/mol. The van der Waals surface area contributed by atoms with Crippen molar-refractivity contribution in [2.45, 2.75) is 51.5 Å². The minimum Gasteiger partial charge on any atom is -0.297 e. The summed E-state index contributed by atoms with van der Waals surface area (Å²) in [4.78, 5) is 7.12. The van der Waals surface area contributed by atoms with Crippen molar-refractivity contribution in [1.29, 1.82) is 0 Å². The van der Waals surface area contributed by atoms with Crippen LogP contribution in [0, 0.1) is 5.92 Å². The van der Waals surface area contributed by atoms with Crippen LogP contribution in [0.15, 0.2) is 5.38 Å². The number of hydrogen-bond acceptors (Lipinski definition) is 3. The number of aromatic nitrogens is 1. The molecule has 2 nitrogen and oxygen atoms in total. The highest BCUT2D eigenvalue weighted by Gasteiger charge is 2.17. The number of rotatable bonds is 5. The van der Waals surface area contributed by atoms with Crippen LogP contribution in [0.5, 0.6) is 0 Å². The summed E-state index contributed by atoms with van der Waals surface area (Å²) >= 11 is 7.54. The molecule has 0 aromatic carbocycles. The minimum atomic E-state index is 0.537. The van der Waals surface area contributed by atoms with Crippen molar-refractivity contribution in [2.75, 3.05) is 13.1 Å². The van der Waals surface area contributed by atoms with Crippen molar-refractivity contribution in [2.24, 2.45) is 5.92 Å². The van der Waals surface area contributed by atoms with Crippen LogP contribution >= 0.6 is 22.9 Å². The van der Waals surface area contributed by atoms with E-state index in [0.29, 0.717) is 5.88 Å². The average molecular weight is 287 g/mol. The first-order valence-corrected chi connectivity index (χ1v) is 8.44. The van der Waals surface area contributed by atoms with Gasteiger partial charge in [-0.15, -0.1) is 22.9 Å². The smallest absolute Gasteiger partial charge is 0.107 e. The molecule has 1 aliphatic heterocycles. The van der Waals surface area contributed by atoms with Gasteiger partial charge in [0.1, 0.15) is 5.01 Å². The molecule has 2 rings (SSSR count). The SMILES string of the molecule is CCCC1CCCN(Cc2nc(CCl)cs2)CC1. The van der Waals surface area contributed by atoms with Crippen molar-refractivity contribution in [3.63, 3.8) is 0 Å². The van der Waals surface area contributed by atoms with Gasteiger partial charge in [-0.3, -0.25) is 4.90 Å². The van der Waals surface area contributed by atoms with Gasteiger partial charge in [0.2, 0.25) is 0 Å². The van der Waals surface area contributed by atoms with E-state index in [1.165, 1.54) is 50.2 Å². The highest BCUT2D eigenvalue weighted by Crippen LogP contribution is 2.23. The van der Waals surface area contributed by atoms with E-state index in [-0.39, 0.29) is 0 Å². The molecule has 2 heterocycles. The molecule has 102 valence electrons. The lowest BCUT2D eigenvalue weighted by atomic mass is 9.96. The fraction of sp³-hybridized carbons (Fsp3) is 0.786. The summed E-state index contributed by atoms with van der Waals surface area (Å²) in [7, 11) is 0. The van der Waals surface area contributed by atoms with Gasteiger partial charge >= 0.3 is 0 Å². The van der Waals surface area contributed by atoms with Crippen LogP contribution in [0.2, 0.25) is 0 Å². The Morgan fingerprint density at radius 2 is 2.33 bits per heavy atom. The van der Waals surface area contributed by atoms with Gasteiger partial charge in [-0.25, -0.2) is 4.98 Å². The number of hydrogen-bond donors (Lipinski definition) is 0. The van der Waals surface area contributed by atoms with Gasteiger partial charge in [-0.2, -0.15) is 0 Å². The molecule has 0 amide bonds. The molecule has 4 heteroatoms. The maximum atomic E-state index is 5.79. The highest BCUT2D eigenvalue weighted by atomic mass is 35.5. The predicted octanol–water partition coefficient (Wildman–Crippen LogP) is 4.28. The quantitative estimate of drug-likeness (QED) is 0.751. The Hall–Kier alpha value is -0.120. The minimum absolute atomic E-state index is 0.537. The molecule has 0 radical (unpaired) electrons. The second-order valence-electron chi connectivity index (χ2n) is 5.23. The van der Waals surface area contributed by atoms with Gasteiger partial charge in [-0.05, 0) is 38.3 Å². The first-order chi connectivity index (χ1) is 8.81. The Kier molecular flexibility index (Phi) is 5.93. The monoisotopic (exact) mass is 286 g/mol. The average Bonchev–Trinajstić information content (AvgIpc) is 2.71. The summed E-state index contributed by atoms with van der Waals surface area (Å²) in [5.74, 6) is 1.49. The van der Waals surface area contributed by atoms with Crippen molar-refractivity contribution < 1.29 is 0 Å². The molecule has 0 bridgehead atoms. The second kappa shape index (κ2) is 7.46. The van der Waals surface area contributed by atoms with E-state index in [0.717, 1.165) is 18.2 Å². The number of halogens is 1. The fourth-order valence-corrected chi connectivity index (χ4v) is 3.82. The Bertz CT molecular complexity index is 353. The third kappa shape index (κ3) is 4.22. The van der Waals surface area contributed by atoms with Crippen molar-refractivity contribution in [3.8, 4) is 0 Å². The van der Waals surface area contributed by atoms with E-state index >= 15 is 0 Å². The normalized spacial score (nSPS) is 22.0. The topological polar surface area (TPSA) is 16.1 Å². The van der Waals surface area contributed by atoms with E-state index in [2.05, 4.69) is 22.2 Å². The zero-order valence-corrected chi connectivity index (χ0v) is 12.8. The van der Waals surface area contributed by atoms with Gasteiger partial charge < -0.3 is 0 Å². The molecule has 0 spiro atoms. The van der Waals surface area contributed by atoms with Crippen LogP contribution in [0.25, 0.3) is 0 Å². The molecule has 0 saturated carbocycles. The molecule has 1 atom stereocenters. The molecule has 1 unspecified atom stereocenters. The van der Waals surface area contributed by atoms with E-state index in [1.807, 2.05) is 0 Å². The van der Waals surface area contributed by atoms with Crippen LogP contribution in [-0.4, -0.2) is 23.0 Å². The van der Waals surface area contributed by atoms with Gasteiger partial charge in [-0.1, -0.05) is 19.8 Å². The zero-order chi connectivity index (χ0) is 12.8. The Morgan fingerprint density at radius 1 is 1.44 bits per heavy atom. The fourth-order valence-electron chi connectivity index (χ4n) is 2.75. The summed E-state index contributed by atoms with van der Waals surface area (Å²) in [6, 6.07) is 0. The molecule has 0 N–H and O–H groups in total. The number of nitrogens with zero attached hydrogens (tertiary/aromatic N) is 2. The molecule has 1 fully saturated rings. The van der Waals surface area contributed by atoms with Crippen LogP contribution in [0.1, 0.15) is 49.7 Å². The molecule has 18 heavy (non-hydrogen) atoms. The molecular formula is C14H23ClN2S. The lowest BCUT2D eigenvalue weighted by Gasteiger charge is -2.18. The molecule has 1 saturated heterocycles. The predicted molar refractivity (Wildman–Crippen MR) is 79.2 cm³/mol. The summed E-state index contributed by atoms with van der Waals surface area (Å²) in [5, 5.41) is 3.31. The van der Waals surface area contributed by atoms with E-state index in [1.54, 1.807) is 11.3 Å². The standard InChI is InChI=1S/C14H23ClN2S/c1-2-4-12-5-3-7-17(8-6-12)10-14-16-13(9-15)11-18-14/h11-12H,2-10H2,1H3. The van der Waals surface area contributed by atoms with Crippen LogP contribution < -0.4 is 0 Å². The number of likely N-dealkylation sites (tertiary alicyclic amines) is 1.